The average molecular weight is 625 g/mol. The minimum absolute atomic E-state index is 0.114. The third-order valence-corrected chi connectivity index (χ3v) is 8.27. The highest BCUT2D eigenvalue weighted by molar-refractivity contribution is 7.92. The summed E-state index contributed by atoms with van der Waals surface area (Å²) in [5, 5.41) is 3.98. The molecule has 7 nitrogen and oxygen atoms in total. The summed E-state index contributed by atoms with van der Waals surface area (Å²) >= 11 is 19.0. The van der Waals surface area contributed by atoms with Crippen LogP contribution in [0.25, 0.3) is 0 Å². The molecule has 3 aromatic carbocycles. The molecule has 0 spiro atoms. The first kappa shape index (κ1) is 31.7. The van der Waals surface area contributed by atoms with Crippen LogP contribution in [0, 0.1) is 6.92 Å². The molecule has 11 heteroatoms. The lowest BCUT2D eigenvalue weighted by Crippen LogP contribution is -2.54. The molecule has 0 bridgehead atoms. The van der Waals surface area contributed by atoms with Crippen LogP contribution in [0.5, 0.6) is 0 Å². The number of nitrogens with zero attached hydrogens (tertiary/aromatic N) is 2. The molecular formula is C29H32Cl3N3O4S. The van der Waals surface area contributed by atoms with Crippen LogP contribution >= 0.6 is 34.8 Å². The minimum atomic E-state index is -3.90. The number of benzene rings is 3. The van der Waals surface area contributed by atoms with Crippen molar-refractivity contribution in [3.63, 3.8) is 0 Å². The summed E-state index contributed by atoms with van der Waals surface area (Å²) < 4.78 is 26.9. The van der Waals surface area contributed by atoms with E-state index in [-0.39, 0.29) is 24.9 Å². The van der Waals surface area contributed by atoms with Gasteiger partial charge in [-0.15, -0.1) is 0 Å². The zero-order chi connectivity index (χ0) is 29.6. The molecule has 0 saturated carbocycles. The number of sulfonamides is 1. The topological polar surface area (TPSA) is 86.8 Å². The van der Waals surface area contributed by atoms with E-state index in [1.807, 2.05) is 44.2 Å². The van der Waals surface area contributed by atoms with Crippen molar-refractivity contribution in [3.8, 4) is 0 Å². The fraction of sp³-hybridized carbons (Fsp3) is 0.310. The quantitative estimate of drug-likeness (QED) is 0.289. The predicted octanol–water partition coefficient (Wildman–Crippen LogP) is 5.89. The molecule has 2 amide bonds. The van der Waals surface area contributed by atoms with Gasteiger partial charge in [0.2, 0.25) is 21.8 Å². The van der Waals surface area contributed by atoms with Gasteiger partial charge < -0.3 is 10.2 Å². The summed E-state index contributed by atoms with van der Waals surface area (Å²) in [7, 11) is -3.90. The Labute approximate surface area is 251 Å². The van der Waals surface area contributed by atoms with E-state index in [1.54, 1.807) is 43.3 Å². The van der Waals surface area contributed by atoms with Gasteiger partial charge in [-0.3, -0.25) is 13.9 Å². The van der Waals surface area contributed by atoms with Crippen LogP contribution in [0.15, 0.2) is 66.7 Å². The summed E-state index contributed by atoms with van der Waals surface area (Å²) in [5.41, 5.74) is 2.15. The molecule has 1 unspecified atom stereocenters. The van der Waals surface area contributed by atoms with Crippen LogP contribution < -0.4 is 9.62 Å². The van der Waals surface area contributed by atoms with Crippen molar-refractivity contribution in [2.24, 2.45) is 0 Å². The number of amides is 2. The molecular weight excluding hydrogens is 593 g/mol. The molecule has 0 aliphatic heterocycles. The molecule has 0 heterocycles. The van der Waals surface area contributed by atoms with Gasteiger partial charge in [-0.25, -0.2) is 8.42 Å². The van der Waals surface area contributed by atoms with Crippen molar-refractivity contribution in [1.82, 2.24) is 10.2 Å². The highest BCUT2D eigenvalue weighted by Crippen LogP contribution is 2.29. The van der Waals surface area contributed by atoms with E-state index in [4.69, 9.17) is 34.8 Å². The first-order valence-corrected chi connectivity index (χ1v) is 15.6. The molecule has 214 valence electrons. The summed E-state index contributed by atoms with van der Waals surface area (Å²) in [6.45, 7) is 4.69. The largest absolute Gasteiger partial charge is 0.352 e. The van der Waals surface area contributed by atoms with E-state index in [1.165, 1.54) is 4.90 Å². The van der Waals surface area contributed by atoms with Crippen molar-refractivity contribution in [1.29, 1.82) is 0 Å². The summed E-state index contributed by atoms with van der Waals surface area (Å²) in [4.78, 5) is 29.1. The fourth-order valence-corrected chi connectivity index (χ4v) is 5.93. The number of aryl methyl sites for hydroxylation is 1. The van der Waals surface area contributed by atoms with Gasteiger partial charge >= 0.3 is 0 Å². The molecule has 0 aliphatic rings. The van der Waals surface area contributed by atoms with Crippen LogP contribution in [-0.4, -0.2) is 50.0 Å². The lowest BCUT2D eigenvalue weighted by Gasteiger charge is -2.34. The van der Waals surface area contributed by atoms with Gasteiger partial charge in [0, 0.05) is 39.6 Å². The number of hydrogen-bond acceptors (Lipinski definition) is 4. The highest BCUT2D eigenvalue weighted by atomic mass is 35.5. The predicted molar refractivity (Wildman–Crippen MR) is 163 cm³/mol. The van der Waals surface area contributed by atoms with Gasteiger partial charge in [-0.1, -0.05) is 71.2 Å². The van der Waals surface area contributed by atoms with Gasteiger partial charge in [0.15, 0.2) is 0 Å². The molecule has 3 rings (SSSR count). The average Bonchev–Trinajstić information content (AvgIpc) is 2.86. The van der Waals surface area contributed by atoms with Crippen LogP contribution in [0.4, 0.5) is 5.69 Å². The van der Waals surface area contributed by atoms with Crippen LogP contribution in [0.2, 0.25) is 15.1 Å². The summed E-state index contributed by atoms with van der Waals surface area (Å²) in [6, 6.07) is 17.8. The van der Waals surface area contributed by atoms with E-state index in [0.29, 0.717) is 31.9 Å². The lowest BCUT2D eigenvalue weighted by molar-refractivity contribution is -0.140. The van der Waals surface area contributed by atoms with Gasteiger partial charge in [0.05, 0.1) is 11.9 Å². The Morgan fingerprint density at radius 2 is 1.55 bits per heavy atom. The van der Waals surface area contributed by atoms with Crippen LogP contribution in [-0.2, 0) is 32.6 Å². The molecule has 3 aromatic rings. The van der Waals surface area contributed by atoms with Gasteiger partial charge in [0.1, 0.15) is 12.6 Å². The molecule has 0 fully saturated rings. The Bertz CT molecular complexity index is 1450. The molecule has 40 heavy (non-hydrogen) atoms. The van der Waals surface area contributed by atoms with Gasteiger partial charge in [-0.2, -0.15) is 0 Å². The molecule has 1 N–H and O–H groups in total. The maximum Gasteiger partial charge on any atom is 0.244 e. The standard InChI is InChI=1S/C29H32Cl3N3O4S/c1-19(2)33-29(37)27(16-21-9-6-5-7-10-21)34(17-23-24(31)11-8-12-25(23)32)28(36)18-35(40(4,38)39)26-14-13-22(30)15-20(26)3/h5-15,19,27H,16-18H2,1-4H3,(H,33,37). The first-order valence-electron chi connectivity index (χ1n) is 12.6. The van der Waals surface area contributed by atoms with Crippen LogP contribution in [0.3, 0.4) is 0 Å². The number of carbonyl (C=O) groups excluding carboxylic acids is 2. The summed E-state index contributed by atoms with van der Waals surface area (Å²) in [5.74, 6) is -0.987. The molecule has 0 radical (unpaired) electrons. The Kier molecular flexibility index (Phi) is 10.9. The van der Waals surface area contributed by atoms with E-state index < -0.39 is 28.5 Å². The Hall–Kier alpha value is -2.78. The van der Waals surface area contributed by atoms with E-state index >= 15 is 0 Å². The van der Waals surface area contributed by atoms with E-state index in [9.17, 15) is 18.0 Å². The van der Waals surface area contributed by atoms with Crippen molar-refractivity contribution < 1.29 is 18.0 Å². The highest BCUT2D eigenvalue weighted by Gasteiger charge is 2.34. The first-order chi connectivity index (χ1) is 18.8. The van der Waals surface area contributed by atoms with Crippen molar-refractivity contribution >= 4 is 62.3 Å². The molecule has 0 saturated heterocycles. The lowest BCUT2D eigenvalue weighted by atomic mass is 10.0. The number of rotatable bonds is 11. The monoisotopic (exact) mass is 623 g/mol. The second-order valence-electron chi connectivity index (χ2n) is 9.79. The number of carbonyl (C=O) groups is 2. The number of halogens is 3. The normalized spacial score (nSPS) is 12.2. The molecule has 1 atom stereocenters. The van der Waals surface area contributed by atoms with Crippen molar-refractivity contribution in [2.75, 3.05) is 17.1 Å². The third-order valence-electron chi connectivity index (χ3n) is 6.20. The Morgan fingerprint density at radius 3 is 2.10 bits per heavy atom. The maximum atomic E-state index is 14.1. The SMILES string of the molecule is Cc1cc(Cl)ccc1N(CC(=O)N(Cc1c(Cl)cccc1Cl)C(Cc1ccccc1)C(=O)NC(C)C)S(C)(=O)=O. The van der Waals surface area contributed by atoms with Crippen molar-refractivity contribution in [2.45, 2.75) is 45.8 Å². The molecule has 0 aliphatic carbocycles. The minimum Gasteiger partial charge on any atom is -0.352 e. The molecule has 0 aromatic heterocycles. The van der Waals surface area contributed by atoms with E-state index in [0.717, 1.165) is 16.1 Å². The zero-order valence-corrected chi connectivity index (χ0v) is 25.8. The maximum absolute atomic E-state index is 14.1. The smallest absolute Gasteiger partial charge is 0.244 e. The zero-order valence-electron chi connectivity index (χ0n) is 22.7. The number of hydrogen-bond donors (Lipinski definition) is 1. The van der Waals surface area contributed by atoms with Gasteiger partial charge in [-0.05, 0) is 62.2 Å². The third kappa shape index (κ3) is 8.36. The Balaban J connectivity index is 2.12. The second kappa shape index (κ2) is 13.7. The van der Waals surface area contributed by atoms with E-state index in [2.05, 4.69) is 5.32 Å². The van der Waals surface area contributed by atoms with Gasteiger partial charge in [0.25, 0.3) is 0 Å². The summed E-state index contributed by atoms with van der Waals surface area (Å²) in [6.07, 6.45) is 1.21. The van der Waals surface area contributed by atoms with Crippen LogP contribution in [0.1, 0.15) is 30.5 Å². The van der Waals surface area contributed by atoms with Crippen molar-refractivity contribution in [3.05, 3.63) is 98.5 Å². The second-order valence-corrected chi connectivity index (χ2v) is 12.9. The number of anilines is 1. The number of nitrogens with one attached hydrogen (secondary N) is 1. The fourth-order valence-electron chi connectivity index (χ4n) is 4.28. The Morgan fingerprint density at radius 1 is 0.925 bits per heavy atom.